The van der Waals surface area contributed by atoms with Crippen LogP contribution in [0.25, 0.3) is 5.65 Å². The molecular formula is C19H20F3IN6O. The van der Waals surface area contributed by atoms with Crippen molar-refractivity contribution in [2.75, 3.05) is 7.05 Å². The van der Waals surface area contributed by atoms with Gasteiger partial charge >= 0.3 is 6.36 Å². The van der Waals surface area contributed by atoms with E-state index in [0.717, 1.165) is 11.5 Å². The summed E-state index contributed by atoms with van der Waals surface area (Å²) in [7, 11) is 1.63. The number of benzene rings is 1. The summed E-state index contributed by atoms with van der Waals surface area (Å²) in [5, 5.41) is 14.6. The summed E-state index contributed by atoms with van der Waals surface area (Å²) in [6.45, 7) is 0.399. The van der Waals surface area contributed by atoms with Gasteiger partial charge in [0, 0.05) is 25.2 Å². The smallest absolute Gasteiger partial charge is 0.405 e. The maximum atomic E-state index is 12.6. The average molecular weight is 532 g/mol. The number of hydrogen-bond acceptors (Lipinski definition) is 4. The number of rotatable bonds is 5. The first kappa shape index (κ1) is 22.1. The van der Waals surface area contributed by atoms with Crippen molar-refractivity contribution in [1.29, 1.82) is 0 Å². The lowest BCUT2D eigenvalue weighted by molar-refractivity contribution is -0.274. The number of fused-ring (bicyclic) bond motifs is 1. The van der Waals surface area contributed by atoms with Crippen molar-refractivity contribution in [3.05, 3.63) is 60.0 Å². The summed E-state index contributed by atoms with van der Waals surface area (Å²) in [5.74, 6) is 1.02. The van der Waals surface area contributed by atoms with Crippen molar-refractivity contribution < 1.29 is 17.9 Å². The highest BCUT2D eigenvalue weighted by molar-refractivity contribution is 14.0. The molecule has 1 saturated carbocycles. The first-order valence-electron chi connectivity index (χ1n) is 9.05. The van der Waals surface area contributed by atoms with Crippen molar-refractivity contribution in [1.82, 2.24) is 25.2 Å². The van der Waals surface area contributed by atoms with Crippen LogP contribution >= 0.6 is 24.0 Å². The molecule has 2 aromatic heterocycles. The summed E-state index contributed by atoms with van der Waals surface area (Å²) in [4.78, 5) is 4.18. The molecule has 1 fully saturated rings. The lowest BCUT2D eigenvalue weighted by Crippen LogP contribution is -2.39. The molecule has 0 bridgehead atoms. The minimum atomic E-state index is -4.72. The fourth-order valence-electron chi connectivity index (χ4n) is 3.25. The van der Waals surface area contributed by atoms with Gasteiger partial charge in [0.25, 0.3) is 0 Å². The number of ether oxygens (including phenoxy) is 1. The van der Waals surface area contributed by atoms with E-state index in [2.05, 4.69) is 30.6 Å². The second kappa shape index (κ2) is 9.06. The Labute approximate surface area is 187 Å². The van der Waals surface area contributed by atoms with Gasteiger partial charge < -0.3 is 15.4 Å². The van der Waals surface area contributed by atoms with Gasteiger partial charge in [0.05, 0.1) is 6.54 Å². The Balaban J connectivity index is 0.00000256. The van der Waals surface area contributed by atoms with Crippen molar-refractivity contribution in [3.63, 3.8) is 0 Å². The molecule has 2 N–H and O–H groups in total. The second-order valence-corrected chi connectivity index (χ2v) is 6.65. The molecule has 0 aliphatic heterocycles. The lowest BCUT2D eigenvalue weighted by atomic mass is 10.1. The van der Waals surface area contributed by atoms with Gasteiger partial charge in [-0.05, 0) is 30.2 Å². The molecule has 0 spiro atoms. The summed E-state index contributed by atoms with van der Waals surface area (Å²) >= 11 is 0. The monoisotopic (exact) mass is 532 g/mol. The maximum absolute atomic E-state index is 12.6. The fourth-order valence-corrected chi connectivity index (χ4v) is 3.25. The second-order valence-electron chi connectivity index (χ2n) is 6.65. The summed E-state index contributed by atoms with van der Waals surface area (Å²) in [6.07, 6.45) is -2.16. The van der Waals surface area contributed by atoms with Crippen LogP contribution in [0.1, 0.15) is 23.7 Å². The Morgan fingerprint density at radius 1 is 1.20 bits per heavy atom. The van der Waals surface area contributed by atoms with E-state index in [-0.39, 0.29) is 41.7 Å². The van der Waals surface area contributed by atoms with Crippen LogP contribution in [0.4, 0.5) is 13.2 Å². The van der Waals surface area contributed by atoms with E-state index in [9.17, 15) is 13.2 Å². The molecule has 4 rings (SSSR count). The number of halogens is 4. The number of guanidine groups is 1. The van der Waals surface area contributed by atoms with Gasteiger partial charge in [0.1, 0.15) is 5.75 Å². The normalized spacial score (nSPS) is 18.6. The topological polar surface area (TPSA) is 75.8 Å². The number of aromatic nitrogens is 3. The molecule has 1 aliphatic rings. The van der Waals surface area contributed by atoms with Crippen molar-refractivity contribution in [3.8, 4) is 5.75 Å². The molecule has 1 aromatic carbocycles. The average Bonchev–Trinajstić information content (AvgIpc) is 3.33. The van der Waals surface area contributed by atoms with Crippen molar-refractivity contribution in [2.45, 2.75) is 31.3 Å². The largest absolute Gasteiger partial charge is 0.573 e. The highest BCUT2D eigenvalue weighted by Gasteiger charge is 2.42. The van der Waals surface area contributed by atoms with Crippen LogP contribution in [0.15, 0.2) is 53.7 Å². The Bertz CT molecular complexity index is 1040. The summed E-state index contributed by atoms with van der Waals surface area (Å²) in [6, 6.07) is 11.8. The van der Waals surface area contributed by atoms with Gasteiger partial charge in [-0.25, -0.2) is 0 Å². The number of nitrogens with one attached hydrogen (secondary N) is 2. The third kappa shape index (κ3) is 5.12. The zero-order chi connectivity index (χ0) is 20.4. The first-order valence-corrected chi connectivity index (χ1v) is 9.05. The van der Waals surface area contributed by atoms with Crippen molar-refractivity contribution in [2.24, 2.45) is 4.99 Å². The van der Waals surface area contributed by atoms with Crippen LogP contribution in [0.3, 0.4) is 0 Å². The molecule has 2 unspecified atom stereocenters. The predicted octanol–water partition coefficient (Wildman–Crippen LogP) is 3.47. The van der Waals surface area contributed by atoms with Crippen LogP contribution in [0, 0.1) is 0 Å². The number of hydrogen-bond donors (Lipinski definition) is 2. The molecule has 0 amide bonds. The highest BCUT2D eigenvalue weighted by Crippen LogP contribution is 2.45. The highest BCUT2D eigenvalue weighted by atomic mass is 127. The molecule has 0 radical (unpaired) electrons. The van der Waals surface area contributed by atoms with Gasteiger partial charge in [-0.3, -0.25) is 9.39 Å². The molecule has 160 valence electrons. The molecule has 11 heteroatoms. The Hall–Kier alpha value is -2.57. The van der Waals surface area contributed by atoms with E-state index in [1.54, 1.807) is 19.2 Å². The third-order valence-corrected chi connectivity index (χ3v) is 4.68. The molecule has 7 nitrogen and oxygen atoms in total. The van der Waals surface area contributed by atoms with E-state index >= 15 is 0 Å². The zero-order valence-electron chi connectivity index (χ0n) is 15.9. The van der Waals surface area contributed by atoms with Crippen LogP contribution < -0.4 is 15.4 Å². The zero-order valence-corrected chi connectivity index (χ0v) is 18.3. The standard InChI is InChI=1S/C19H19F3N6O.HI/c1-23-18(24-11-17-27-26-16-8-4-5-9-28(16)17)25-14-10-13(14)12-6-2-3-7-15(12)29-19(20,21)22;/h2-9,13-14H,10-11H2,1H3,(H2,23,24,25);1H. The molecule has 3 aromatic rings. The molecule has 2 atom stereocenters. The van der Waals surface area contributed by atoms with Crippen LogP contribution in [0.2, 0.25) is 0 Å². The number of aliphatic imine (C=N–C) groups is 1. The van der Waals surface area contributed by atoms with Crippen molar-refractivity contribution >= 4 is 35.6 Å². The Morgan fingerprint density at radius 3 is 2.73 bits per heavy atom. The van der Waals surface area contributed by atoms with Gasteiger partial charge in [-0.15, -0.1) is 47.3 Å². The lowest BCUT2D eigenvalue weighted by Gasteiger charge is -2.14. The minimum Gasteiger partial charge on any atom is -0.405 e. The van der Waals surface area contributed by atoms with E-state index in [4.69, 9.17) is 0 Å². The number of pyridine rings is 1. The van der Waals surface area contributed by atoms with E-state index in [1.165, 1.54) is 12.1 Å². The van der Waals surface area contributed by atoms with E-state index in [1.807, 2.05) is 28.8 Å². The SMILES string of the molecule is CN=C(NCc1nnc2ccccn12)NC1CC1c1ccccc1OC(F)(F)F.I. The van der Waals surface area contributed by atoms with Crippen LogP contribution in [-0.4, -0.2) is 40.0 Å². The molecule has 2 heterocycles. The first-order chi connectivity index (χ1) is 13.9. The maximum Gasteiger partial charge on any atom is 0.573 e. The quantitative estimate of drug-likeness (QED) is 0.299. The molecular weight excluding hydrogens is 512 g/mol. The molecule has 1 aliphatic carbocycles. The number of nitrogens with zero attached hydrogens (tertiary/aromatic N) is 4. The molecule has 0 saturated heterocycles. The van der Waals surface area contributed by atoms with Gasteiger partial charge in [0.15, 0.2) is 17.4 Å². The van der Waals surface area contributed by atoms with E-state index in [0.29, 0.717) is 24.5 Å². The van der Waals surface area contributed by atoms with E-state index < -0.39 is 6.36 Å². The van der Waals surface area contributed by atoms with Crippen LogP contribution in [0.5, 0.6) is 5.75 Å². The third-order valence-electron chi connectivity index (χ3n) is 4.68. The van der Waals surface area contributed by atoms with Crippen LogP contribution in [-0.2, 0) is 6.54 Å². The Morgan fingerprint density at radius 2 is 1.97 bits per heavy atom. The molecule has 30 heavy (non-hydrogen) atoms. The van der Waals surface area contributed by atoms with Gasteiger partial charge in [0.2, 0.25) is 0 Å². The number of para-hydroxylation sites is 1. The van der Waals surface area contributed by atoms with Gasteiger partial charge in [-0.1, -0.05) is 24.3 Å². The fraction of sp³-hybridized carbons (Fsp3) is 0.316. The van der Waals surface area contributed by atoms with Gasteiger partial charge in [-0.2, -0.15) is 0 Å². The minimum absolute atomic E-state index is 0. The summed E-state index contributed by atoms with van der Waals surface area (Å²) < 4.78 is 43.9. The summed E-state index contributed by atoms with van der Waals surface area (Å²) in [5.41, 5.74) is 1.28. The predicted molar refractivity (Wildman–Crippen MR) is 116 cm³/mol. The number of alkyl halides is 3. The Kier molecular flexibility index (Phi) is 6.68.